The van der Waals surface area contributed by atoms with Crippen molar-refractivity contribution in [2.45, 2.75) is 25.3 Å². The lowest BCUT2D eigenvalue weighted by Crippen LogP contribution is -2.26. The summed E-state index contributed by atoms with van der Waals surface area (Å²) in [6, 6.07) is 5.47. The van der Waals surface area contributed by atoms with Crippen LogP contribution in [0.15, 0.2) is 22.7 Å². The summed E-state index contributed by atoms with van der Waals surface area (Å²) in [5, 5.41) is 8.39. The Labute approximate surface area is 121 Å². The molecule has 1 aliphatic heterocycles. The number of nitrogens with zero attached hydrogens (tertiary/aromatic N) is 2. The van der Waals surface area contributed by atoms with Gasteiger partial charge in [-0.05, 0) is 37.6 Å². The Balaban J connectivity index is 1.85. The highest BCUT2D eigenvalue weighted by Crippen LogP contribution is 2.28. The molecule has 100 valence electrons. The van der Waals surface area contributed by atoms with Gasteiger partial charge in [-0.2, -0.15) is 4.98 Å². The number of rotatable bonds is 2. The lowest BCUT2D eigenvalue weighted by molar-refractivity contribution is 0.297. The first kappa shape index (κ1) is 12.9. The molecule has 0 radical (unpaired) electrons. The Morgan fingerprint density at radius 2 is 2.11 bits per heavy atom. The molecule has 1 aromatic heterocycles. The molecule has 1 unspecified atom stereocenters. The fourth-order valence-electron chi connectivity index (χ4n) is 2.19. The predicted octanol–water partition coefficient (Wildman–Crippen LogP) is 3.86. The molecule has 1 aromatic carbocycles. The third-order valence-electron chi connectivity index (χ3n) is 3.23. The molecule has 2 aromatic rings. The van der Waals surface area contributed by atoms with E-state index in [1.165, 1.54) is 12.8 Å². The molecular formula is C13H13Cl2N3O. The molecule has 3 rings (SSSR count). The van der Waals surface area contributed by atoms with Crippen LogP contribution in [0.2, 0.25) is 10.0 Å². The second-order valence-corrected chi connectivity index (χ2v) is 5.40. The molecule has 0 aliphatic carbocycles. The van der Waals surface area contributed by atoms with Gasteiger partial charge in [0.15, 0.2) is 0 Å². The molecule has 1 atom stereocenters. The van der Waals surface area contributed by atoms with Gasteiger partial charge in [0.1, 0.15) is 0 Å². The summed E-state index contributed by atoms with van der Waals surface area (Å²) >= 11 is 11.9. The van der Waals surface area contributed by atoms with Crippen LogP contribution in [0.3, 0.4) is 0 Å². The van der Waals surface area contributed by atoms with Crippen molar-refractivity contribution in [1.29, 1.82) is 0 Å². The first-order valence-electron chi connectivity index (χ1n) is 6.26. The Morgan fingerprint density at radius 1 is 1.21 bits per heavy atom. The van der Waals surface area contributed by atoms with Crippen LogP contribution in [-0.4, -0.2) is 16.7 Å². The number of hydrogen-bond donors (Lipinski definition) is 1. The minimum Gasteiger partial charge on any atom is -0.337 e. The SMILES string of the molecule is Clc1ccc(-c2noc(C3CCCCN3)n2)cc1Cl. The van der Waals surface area contributed by atoms with E-state index in [1.54, 1.807) is 12.1 Å². The minimum absolute atomic E-state index is 0.165. The molecule has 19 heavy (non-hydrogen) atoms. The molecule has 0 spiro atoms. The van der Waals surface area contributed by atoms with Crippen molar-refractivity contribution in [2.75, 3.05) is 6.54 Å². The lowest BCUT2D eigenvalue weighted by atomic mass is 10.1. The van der Waals surface area contributed by atoms with E-state index in [0.29, 0.717) is 21.8 Å². The van der Waals surface area contributed by atoms with Gasteiger partial charge in [-0.15, -0.1) is 0 Å². The van der Waals surface area contributed by atoms with E-state index < -0.39 is 0 Å². The zero-order chi connectivity index (χ0) is 13.2. The van der Waals surface area contributed by atoms with Gasteiger partial charge in [-0.3, -0.25) is 0 Å². The number of hydrogen-bond acceptors (Lipinski definition) is 4. The van der Waals surface area contributed by atoms with E-state index in [4.69, 9.17) is 27.7 Å². The molecule has 0 saturated carbocycles. The van der Waals surface area contributed by atoms with Crippen LogP contribution < -0.4 is 5.32 Å². The monoisotopic (exact) mass is 297 g/mol. The van der Waals surface area contributed by atoms with Gasteiger partial charge in [0.05, 0.1) is 16.1 Å². The minimum atomic E-state index is 0.165. The smallest absolute Gasteiger partial charge is 0.244 e. The average Bonchev–Trinajstić information content (AvgIpc) is 2.93. The van der Waals surface area contributed by atoms with E-state index in [0.717, 1.165) is 18.5 Å². The van der Waals surface area contributed by atoms with E-state index in [9.17, 15) is 0 Å². The molecule has 1 saturated heterocycles. The molecular weight excluding hydrogens is 285 g/mol. The van der Waals surface area contributed by atoms with E-state index >= 15 is 0 Å². The topological polar surface area (TPSA) is 51.0 Å². The van der Waals surface area contributed by atoms with Gasteiger partial charge in [0.25, 0.3) is 0 Å². The van der Waals surface area contributed by atoms with Crippen LogP contribution in [0.5, 0.6) is 0 Å². The van der Waals surface area contributed by atoms with Gasteiger partial charge < -0.3 is 9.84 Å². The van der Waals surface area contributed by atoms with Gasteiger partial charge in [-0.25, -0.2) is 0 Å². The fourth-order valence-corrected chi connectivity index (χ4v) is 2.49. The highest BCUT2D eigenvalue weighted by molar-refractivity contribution is 6.42. The maximum absolute atomic E-state index is 5.99. The van der Waals surface area contributed by atoms with Crippen LogP contribution in [0, 0.1) is 0 Å². The molecule has 0 bridgehead atoms. The highest BCUT2D eigenvalue weighted by atomic mass is 35.5. The Hall–Kier alpha value is -1.10. The first-order chi connectivity index (χ1) is 9.24. The fraction of sp³-hybridized carbons (Fsp3) is 0.385. The second kappa shape index (κ2) is 5.49. The Morgan fingerprint density at radius 3 is 2.84 bits per heavy atom. The number of aromatic nitrogens is 2. The van der Waals surface area contributed by atoms with E-state index in [1.807, 2.05) is 6.07 Å². The standard InChI is InChI=1S/C13H13Cl2N3O/c14-9-5-4-8(7-10(9)15)12-17-13(19-18-12)11-3-1-2-6-16-11/h4-5,7,11,16H,1-3,6H2. The van der Waals surface area contributed by atoms with Crippen molar-refractivity contribution in [1.82, 2.24) is 15.5 Å². The average molecular weight is 298 g/mol. The van der Waals surface area contributed by atoms with Crippen molar-refractivity contribution in [3.63, 3.8) is 0 Å². The van der Waals surface area contributed by atoms with Gasteiger partial charge in [0.2, 0.25) is 11.7 Å². The molecule has 1 N–H and O–H groups in total. The van der Waals surface area contributed by atoms with Crippen LogP contribution in [0.1, 0.15) is 31.2 Å². The summed E-state index contributed by atoms with van der Waals surface area (Å²) in [6.45, 7) is 0.995. The molecule has 1 aliphatic rings. The Kier molecular flexibility index (Phi) is 3.73. The molecule has 2 heterocycles. The number of benzene rings is 1. The maximum atomic E-state index is 5.99. The lowest BCUT2D eigenvalue weighted by Gasteiger charge is -2.19. The normalized spacial score (nSPS) is 19.6. The van der Waals surface area contributed by atoms with Gasteiger partial charge in [0, 0.05) is 5.56 Å². The number of nitrogens with one attached hydrogen (secondary N) is 1. The zero-order valence-electron chi connectivity index (χ0n) is 10.2. The summed E-state index contributed by atoms with van der Waals surface area (Å²) in [7, 11) is 0. The van der Waals surface area contributed by atoms with Crippen molar-refractivity contribution >= 4 is 23.2 Å². The molecule has 1 fully saturated rings. The van der Waals surface area contributed by atoms with Crippen molar-refractivity contribution < 1.29 is 4.52 Å². The largest absolute Gasteiger partial charge is 0.337 e. The predicted molar refractivity (Wildman–Crippen MR) is 74.3 cm³/mol. The van der Waals surface area contributed by atoms with E-state index in [2.05, 4.69) is 15.5 Å². The second-order valence-electron chi connectivity index (χ2n) is 4.59. The van der Waals surface area contributed by atoms with Crippen LogP contribution in [0.4, 0.5) is 0 Å². The summed E-state index contributed by atoms with van der Waals surface area (Å²) in [5.41, 5.74) is 0.806. The summed E-state index contributed by atoms with van der Waals surface area (Å²) in [5.74, 6) is 1.18. The zero-order valence-corrected chi connectivity index (χ0v) is 11.7. The van der Waals surface area contributed by atoms with Crippen molar-refractivity contribution in [3.05, 3.63) is 34.1 Å². The van der Waals surface area contributed by atoms with Gasteiger partial charge >= 0.3 is 0 Å². The van der Waals surface area contributed by atoms with E-state index in [-0.39, 0.29) is 6.04 Å². The maximum Gasteiger partial charge on any atom is 0.244 e. The summed E-state index contributed by atoms with van der Waals surface area (Å²) in [4.78, 5) is 4.43. The van der Waals surface area contributed by atoms with Crippen LogP contribution in [0.25, 0.3) is 11.4 Å². The first-order valence-corrected chi connectivity index (χ1v) is 7.02. The highest BCUT2D eigenvalue weighted by Gasteiger charge is 2.21. The van der Waals surface area contributed by atoms with Gasteiger partial charge in [-0.1, -0.05) is 34.8 Å². The summed E-state index contributed by atoms with van der Waals surface area (Å²) < 4.78 is 5.33. The third-order valence-corrected chi connectivity index (χ3v) is 3.97. The van der Waals surface area contributed by atoms with Crippen molar-refractivity contribution in [3.8, 4) is 11.4 Å². The number of piperidine rings is 1. The number of halogens is 2. The quantitative estimate of drug-likeness (QED) is 0.914. The molecule has 6 heteroatoms. The van der Waals surface area contributed by atoms with Crippen LogP contribution >= 0.6 is 23.2 Å². The van der Waals surface area contributed by atoms with Crippen molar-refractivity contribution in [2.24, 2.45) is 0 Å². The van der Waals surface area contributed by atoms with Crippen LogP contribution in [-0.2, 0) is 0 Å². The molecule has 0 amide bonds. The third kappa shape index (κ3) is 2.76. The summed E-state index contributed by atoms with van der Waals surface area (Å²) in [6.07, 6.45) is 3.41. The molecule has 4 nitrogen and oxygen atoms in total. The Bertz CT molecular complexity index is 579.